The molecule has 1 amide bonds. The molecule has 6 heteroatoms. The monoisotopic (exact) mass is 236 g/mol. The second-order valence-corrected chi connectivity index (χ2v) is 3.60. The lowest BCUT2D eigenvalue weighted by atomic mass is 10.3. The topological polar surface area (TPSA) is 70.7 Å². The van der Waals surface area contributed by atoms with Crippen LogP contribution in [-0.4, -0.2) is 21.3 Å². The van der Waals surface area contributed by atoms with Crippen LogP contribution in [0.2, 0.25) is 5.02 Å². The van der Waals surface area contributed by atoms with Crippen LogP contribution in [0.1, 0.15) is 16.2 Å². The first kappa shape index (κ1) is 10.6. The van der Waals surface area contributed by atoms with Gasteiger partial charge in [-0.3, -0.25) is 4.79 Å². The molecule has 0 aliphatic rings. The number of nitrogens with one attached hydrogen (secondary N) is 2. The maximum atomic E-state index is 11.8. The molecule has 0 atom stereocenters. The number of hydrogen-bond donors (Lipinski definition) is 2. The highest BCUT2D eigenvalue weighted by molar-refractivity contribution is 6.33. The van der Waals surface area contributed by atoms with Gasteiger partial charge >= 0.3 is 0 Å². The number of nitrogens with zero attached hydrogens (tertiary/aromatic N) is 2. The molecule has 1 aromatic carbocycles. The molecule has 2 rings (SSSR count). The fourth-order valence-electron chi connectivity index (χ4n) is 1.24. The van der Waals surface area contributed by atoms with Crippen LogP contribution in [0.4, 0.5) is 5.69 Å². The first-order valence-corrected chi connectivity index (χ1v) is 4.99. The Balaban J connectivity index is 2.21. The number of H-pyrrole nitrogens is 1. The van der Waals surface area contributed by atoms with Crippen LogP contribution in [0, 0.1) is 6.92 Å². The summed E-state index contributed by atoms with van der Waals surface area (Å²) in [5.41, 5.74) is 1.36. The lowest BCUT2D eigenvalue weighted by molar-refractivity contribution is 0.102. The van der Waals surface area contributed by atoms with Crippen LogP contribution >= 0.6 is 11.6 Å². The summed E-state index contributed by atoms with van der Waals surface area (Å²) >= 11 is 5.91. The summed E-state index contributed by atoms with van der Waals surface area (Å²) in [7, 11) is 0. The third-order valence-electron chi connectivity index (χ3n) is 2.06. The molecule has 2 aromatic rings. The molecule has 0 unspecified atom stereocenters. The minimum atomic E-state index is -0.334. The van der Waals surface area contributed by atoms with Gasteiger partial charge < -0.3 is 5.32 Å². The molecule has 82 valence electrons. The third-order valence-corrected chi connectivity index (χ3v) is 2.39. The Bertz CT molecular complexity index is 523. The molecule has 0 saturated carbocycles. The summed E-state index contributed by atoms with van der Waals surface area (Å²) in [6, 6.07) is 7.00. The Hall–Kier alpha value is -1.88. The standard InChI is InChI=1S/C10H9ClN4O/c1-6-9(14-15-13-6)10(16)12-8-5-3-2-4-7(8)11/h2-5H,1H3,(H,12,16)(H,13,14,15). The third kappa shape index (κ3) is 2.04. The van der Waals surface area contributed by atoms with Gasteiger partial charge in [0, 0.05) is 0 Å². The largest absolute Gasteiger partial charge is 0.319 e. The van der Waals surface area contributed by atoms with E-state index in [9.17, 15) is 4.79 Å². The number of benzene rings is 1. The fourth-order valence-corrected chi connectivity index (χ4v) is 1.43. The zero-order chi connectivity index (χ0) is 11.5. The van der Waals surface area contributed by atoms with Crippen molar-refractivity contribution in [3.63, 3.8) is 0 Å². The number of carbonyl (C=O) groups is 1. The molecule has 5 nitrogen and oxygen atoms in total. The van der Waals surface area contributed by atoms with Gasteiger partial charge in [-0.15, -0.1) is 0 Å². The number of anilines is 1. The van der Waals surface area contributed by atoms with E-state index in [4.69, 9.17) is 11.6 Å². The smallest absolute Gasteiger partial charge is 0.278 e. The van der Waals surface area contributed by atoms with Gasteiger partial charge in [-0.25, -0.2) is 0 Å². The van der Waals surface area contributed by atoms with Crippen molar-refractivity contribution in [2.24, 2.45) is 0 Å². The minimum Gasteiger partial charge on any atom is -0.319 e. The predicted octanol–water partition coefficient (Wildman–Crippen LogP) is 2.02. The van der Waals surface area contributed by atoms with E-state index in [0.717, 1.165) is 0 Å². The molecule has 0 aliphatic heterocycles. The van der Waals surface area contributed by atoms with Crippen molar-refractivity contribution in [3.8, 4) is 0 Å². The van der Waals surface area contributed by atoms with E-state index in [1.54, 1.807) is 31.2 Å². The van der Waals surface area contributed by atoms with Crippen molar-refractivity contribution >= 4 is 23.2 Å². The first-order valence-electron chi connectivity index (χ1n) is 4.61. The van der Waals surface area contributed by atoms with Gasteiger partial charge in [0.25, 0.3) is 5.91 Å². The lowest BCUT2D eigenvalue weighted by Gasteiger charge is -2.04. The van der Waals surface area contributed by atoms with Crippen LogP contribution in [0.25, 0.3) is 0 Å². The Morgan fingerprint density at radius 1 is 1.38 bits per heavy atom. The van der Waals surface area contributed by atoms with Gasteiger partial charge in [-0.1, -0.05) is 23.7 Å². The highest BCUT2D eigenvalue weighted by Crippen LogP contribution is 2.20. The van der Waals surface area contributed by atoms with E-state index in [1.807, 2.05) is 0 Å². The molecular formula is C10H9ClN4O. The van der Waals surface area contributed by atoms with E-state index in [2.05, 4.69) is 20.7 Å². The van der Waals surface area contributed by atoms with Gasteiger partial charge in [0.2, 0.25) is 0 Å². The first-order chi connectivity index (χ1) is 7.68. The summed E-state index contributed by atoms with van der Waals surface area (Å²) in [5.74, 6) is -0.334. The van der Waals surface area contributed by atoms with Crippen LogP contribution < -0.4 is 5.32 Å². The van der Waals surface area contributed by atoms with E-state index in [0.29, 0.717) is 16.4 Å². The molecule has 1 heterocycles. The quantitative estimate of drug-likeness (QED) is 0.838. The molecule has 0 saturated heterocycles. The van der Waals surface area contributed by atoms with Crippen LogP contribution in [0.15, 0.2) is 24.3 Å². The molecule has 0 fully saturated rings. The number of aryl methyl sites for hydroxylation is 1. The molecule has 0 aliphatic carbocycles. The lowest BCUT2D eigenvalue weighted by Crippen LogP contribution is -2.13. The van der Waals surface area contributed by atoms with Crippen molar-refractivity contribution in [3.05, 3.63) is 40.7 Å². The molecular weight excluding hydrogens is 228 g/mol. The second-order valence-electron chi connectivity index (χ2n) is 3.19. The number of hydrogen-bond acceptors (Lipinski definition) is 3. The maximum absolute atomic E-state index is 11.8. The van der Waals surface area contributed by atoms with Crippen LogP contribution in [-0.2, 0) is 0 Å². The van der Waals surface area contributed by atoms with E-state index >= 15 is 0 Å². The van der Waals surface area contributed by atoms with Gasteiger partial charge in [-0.2, -0.15) is 15.4 Å². The average Bonchev–Trinajstić information content (AvgIpc) is 2.68. The van der Waals surface area contributed by atoms with Gasteiger partial charge in [0.05, 0.1) is 16.4 Å². The predicted molar refractivity (Wildman–Crippen MR) is 60.5 cm³/mol. The fraction of sp³-hybridized carbons (Fsp3) is 0.100. The number of para-hydroxylation sites is 1. The summed E-state index contributed by atoms with van der Waals surface area (Å²) in [5, 5.41) is 13.1. The number of aromatic nitrogens is 3. The number of rotatable bonds is 2. The summed E-state index contributed by atoms with van der Waals surface area (Å²) in [6.45, 7) is 1.70. The number of amides is 1. The van der Waals surface area contributed by atoms with Crippen LogP contribution in [0.5, 0.6) is 0 Å². The normalized spacial score (nSPS) is 10.1. The highest BCUT2D eigenvalue weighted by Gasteiger charge is 2.14. The zero-order valence-corrected chi connectivity index (χ0v) is 9.25. The number of halogens is 1. The van der Waals surface area contributed by atoms with Gasteiger partial charge in [0.1, 0.15) is 0 Å². The van der Waals surface area contributed by atoms with E-state index in [-0.39, 0.29) is 11.6 Å². The van der Waals surface area contributed by atoms with Gasteiger partial charge in [0.15, 0.2) is 5.69 Å². The summed E-state index contributed by atoms with van der Waals surface area (Å²) in [6.07, 6.45) is 0. The Kier molecular flexibility index (Phi) is 2.87. The Labute approximate surface area is 96.8 Å². The SMILES string of the molecule is Cc1n[nH]nc1C(=O)Nc1ccccc1Cl. The van der Waals surface area contributed by atoms with Crippen molar-refractivity contribution in [2.75, 3.05) is 5.32 Å². The van der Waals surface area contributed by atoms with Crippen molar-refractivity contribution in [2.45, 2.75) is 6.92 Å². The molecule has 0 bridgehead atoms. The summed E-state index contributed by atoms with van der Waals surface area (Å²) < 4.78 is 0. The zero-order valence-electron chi connectivity index (χ0n) is 8.49. The molecule has 0 spiro atoms. The van der Waals surface area contributed by atoms with Crippen LogP contribution in [0.3, 0.4) is 0 Å². The van der Waals surface area contributed by atoms with Gasteiger partial charge in [-0.05, 0) is 19.1 Å². The number of carbonyl (C=O) groups excluding carboxylic acids is 1. The second kappa shape index (κ2) is 4.32. The van der Waals surface area contributed by atoms with Crippen molar-refractivity contribution in [1.29, 1.82) is 0 Å². The van der Waals surface area contributed by atoms with Crippen molar-refractivity contribution < 1.29 is 4.79 Å². The number of aromatic amines is 1. The molecule has 16 heavy (non-hydrogen) atoms. The van der Waals surface area contributed by atoms with E-state index in [1.165, 1.54) is 0 Å². The Morgan fingerprint density at radius 3 is 2.75 bits per heavy atom. The van der Waals surface area contributed by atoms with Crippen molar-refractivity contribution in [1.82, 2.24) is 15.4 Å². The maximum Gasteiger partial charge on any atom is 0.278 e. The molecule has 2 N–H and O–H groups in total. The Morgan fingerprint density at radius 2 is 2.12 bits per heavy atom. The highest BCUT2D eigenvalue weighted by atomic mass is 35.5. The summed E-state index contributed by atoms with van der Waals surface area (Å²) in [4.78, 5) is 11.8. The average molecular weight is 237 g/mol. The molecule has 0 radical (unpaired) electrons. The molecule has 1 aromatic heterocycles. The van der Waals surface area contributed by atoms with E-state index < -0.39 is 0 Å². The minimum absolute atomic E-state index is 0.264.